The van der Waals surface area contributed by atoms with Gasteiger partial charge in [-0.15, -0.1) is 0 Å². The van der Waals surface area contributed by atoms with Gasteiger partial charge < -0.3 is 24.4 Å². The highest BCUT2D eigenvalue weighted by atomic mass is 32.2. The summed E-state index contributed by atoms with van der Waals surface area (Å²) in [6, 6.07) is 6.01. The number of carbonyl (C=O) groups is 1. The van der Waals surface area contributed by atoms with Crippen LogP contribution in [0.4, 0.5) is 4.39 Å². The maximum atomic E-state index is 13.6. The third kappa shape index (κ3) is 5.83. The number of amides is 1. The third-order valence-corrected chi connectivity index (χ3v) is 6.19. The Kier molecular flexibility index (Phi) is 7.96. The van der Waals surface area contributed by atoms with Crippen LogP contribution in [-0.4, -0.2) is 72.2 Å². The quantitative estimate of drug-likeness (QED) is 0.602. The molecule has 1 aromatic carbocycles. The molecule has 1 fully saturated rings. The summed E-state index contributed by atoms with van der Waals surface area (Å²) in [4.78, 5) is 27.0. The summed E-state index contributed by atoms with van der Waals surface area (Å²) >= 11 is 1.72. The molecule has 3 heterocycles. The van der Waals surface area contributed by atoms with E-state index in [0.29, 0.717) is 42.4 Å². The number of halogens is 1. The van der Waals surface area contributed by atoms with E-state index in [1.807, 2.05) is 6.26 Å². The molecule has 0 radical (unpaired) electrons. The van der Waals surface area contributed by atoms with Crippen molar-refractivity contribution in [3.8, 4) is 5.75 Å². The minimum atomic E-state index is -0.462. The Hall–Kier alpha value is -2.76. The lowest BCUT2D eigenvalue weighted by Gasteiger charge is -2.31. The first-order valence-electron chi connectivity index (χ1n) is 10.9. The predicted octanol–water partition coefficient (Wildman–Crippen LogP) is 2.50. The van der Waals surface area contributed by atoms with E-state index in [-0.39, 0.29) is 42.2 Å². The molecule has 34 heavy (non-hydrogen) atoms. The summed E-state index contributed by atoms with van der Waals surface area (Å²) in [6.07, 6.45) is 2.14. The molecular formula is C23H27FN4O5S. The Bertz CT molecular complexity index is 1060. The van der Waals surface area contributed by atoms with Crippen molar-refractivity contribution < 1.29 is 28.2 Å². The normalized spacial score (nSPS) is 22.1. The highest BCUT2D eigenvalue weighted by Gasteiger charge is 2.35. The van der Waals surface area contributed by atoms with Crippen molar-refractivity contribution in [1.29, 1.82) is 0 Å². The number of nitrogens with one attached hydrogen (secondary N) is 1. The van der Waals surface area contributed by atoms with Crippen molar-refractivity contribution in [1.82, 2.24) is 15.3 Å². The Morgan fingerprint density at radius 2 is 2.09 bits per heavy atom. The van der Waals surface area contributed by atoms with Gasteiger partial charge in [-0.05, 0) is 36.9 Å². The summed E-state index contributed by atoms with van der Waals surface area (Å²) in [5.41, 5.74) is 2.06. The van der Waals surface area contributed by atoms with Crippen molar-refractivity contribution in [2.24, 2.45) is 5.16 Å². The molecule has 2 aromatic rings. The van der Waals surface area contributed by atoms with E-state index >= 15 is 0 Å². The van der Waals surface area contributed by atoms with Crippen LogP contribution in [0.15, 0.2) is 29.4 Å². The lowest BCUT2D eigenvalue weighted by Crippen LogP contribution is -2.43. The van der Waals surface area contributed by atoms with Crippen LogP contribution in [0, 0.1) is 12.7 Å². The van der Waals surface area contributed by atoms with Gasteiger partial charge in [-0.1, -0.05) is 11.2 Å². The van der Waals surface area contributed by atoms with Gasteiger partial charge in [-0.3, -0.25) is 4.79 Å². The molecule has 9 nitrogen and oxygen atoms in total. The van der Waals surface area contributed by atoms with E-state index in [2.05, 4.69) is 20.4 Å². The van der Waals surface area contributed by atoms with Crippen molar-refractivity contribution in [3.05, 3.63) is 52.9 Å². The van der Waals surface area contributed by atoms with Gasteiger partial charge in [0, 0.05) is 18.7 Å². The van der Waals surface area contributed by atoms with Crippen LogP contribution >= 0.6 is 11.8 Å². The van der Waals surface area contributed by atoms with E-state index in [0.717, 1.165) is 5.75 Å². The molecule has 1 saturated heterocycles. The molecule has 0 aliphatic carbocycles. The summed E-state index contributed by atoms with van der Waals surface area (Å²) in [5, 5.41) is 6.98. The summed E-state index contributed by atoms with van der Waals surface area (Å²) in [6.45, 7) is 2.88. The van der Waals surface area contributed by atoms with Crippen LogP contribution in [0.25, 0.3) is 0 Å². The molecule has 0 bridgehead atoms. The number of aromatic nitrogens is 2. The zero-order valence-electron chi connectivity index (χ0n) is 19.2. The minimum absolute atomic E-state index is 0.0922. The summed E-state index contributed by atoms with van der Waals surface area (Å²) in [7, 11) is 1.39. The number of thioether (sulfide) groups is 1. The molecule has 182 valence electrons. The van der Waals surface area contributed by atoms with Gasteiger partial charge in [-0.25, -0.2) is 14.4 Å². The Balaban J connectivity index is 1.37. The second-order valence-electron chi connectivity index (χ2n) is 8.01. The van der Waals surface area contributed by atoms with Crippen molar-refractivity contribution in [3.63, 3.8) is 0 Å². The van der Waals surface area contributed by atoms with Crippen LogP contribution in [0.3, 0.4) is 0 Å². The molecule has 2 aliphatic rings. The average Bonchev–Trinajstić information content (AvgIpc) is 3.34. The van der Waals surface area contributed by atoms with Gasteiger partial charge in [0.2, 0.25) is 0 Å². The number of oxime groups is 1. The first-order valence-corrected chi connectivity index (χ1v) is 12.3. The summed E-state index contributed by atoms with van der Waals surface area (Å²) in [5.74, 6) is 0.605. The van der Waals surface area contributed by atoms with Gasteiger partial charge in [-0.2, -0.15) is 11.8 Å². The molecule has 1 N–H and O–H groups in total. The Morgan fingerprint density at radius 3 is 2.82 bits per heavy atom. The number of rotatable bonds is 8. The molecule has 1 aromatic heterocycles. The van der Waals surface area contributed by atoms with Crippen LogP contribution in [-0.2, 0) is 20.9 Å². The molecular weight excluding hydrogens is 463 g/mol. The minimum Gasteiger partial charge on any atom is -0.494 e. The largest absolute Gasteiger partial charge is 0.494 e. The van der Waals surface area contributed by atoms with Gasteiger partial charge in [0.25, 0.3) is 5.91 Å². The maximum absolute atomic E-state index is 13.6. The fourth-order valence-electron chi connectivity index (χ4n) is 3.72. The molecule has 0 saturated carbocycles. The zero-order valence-corrected chi connectivity index (χ0v) is 20.1. The fourth-order valence-corrected chi connectivity index (χ4v) is 4.29. The highest BCUT2D eigenvalue weighted by molar-refractivity contribution is 7.98. The van der Waals surface area contributed by atoms with Gasteiger partial charge >= 0.3 is 0 Å². The number of carbonyl (C=O) groups excluding carboxylic acids is 1. The van der Waals surface area contributed by atoms with E-state index < -0.39 is 5.82 Å². The standard InChI is InChI=1S/C23H27FN4O5S/c1-13-26-17(18-8-21(33-28-18)22-11-31-15(10-32-22)12-34-3)7-19(27-13)23(29)25-9-14-4-5-16(24)20(6-14)30-2/h4-7,15,21-22H,8-12H2,1-3H3,(H,25,29)/t15-,21?,22+/m0/s1. The van der Waals surface area contributed by atoms with Crippen molar-refractivity contribution in [2.45, 2.75) is 38.2 Å². The van der Waals surface area contributed by atoms with Crippen molar-refractivity contribution >= 4 is 23.4 Å². The van der Waals surface area contributed by atoms with Crippen LogP contribution in [0.2, 0.25) is 0 Å². The fraction of sp³-hybridized carbons (Fsp3) is 0.478. The van der Waals surface area contributed by atoms with Crippen LogP contribution in [0.5, 0.6) is 5.75 Å². The van der Waals surface area contributed by atoms with Crippen LogP contribution < -0.4 is 10.1 Å². The van der Waals surface area contributed by atoms with Gasteiger partial charge in [0.05, 0.1) is 32.1 Å². The number of ether oxygens (including phenoxy) is 3. The number of hydrogen-bond acceptors (Lipinski definition) is 9. The van der Waals surface area contributed by atoms with E-state index in [4.69, 9.17) is 19.0 Å². The molecule has 4 rings (SSSR count). The molecule has 11 heteroatoms. The number of nitrogens with zero attached hydrogens (tertiary/aromatic N) is 3. The second kappa shape index (κ2) is 11.1. The Morgan fingerprint density at radius 1 is 1.24 bits per heavy atom. The topological polar surface area (TPSA) is 104 Å². The smallest absolute Gasteiger partial charge is 0.270 e. The Labute approximate surface area is 201 Å². The number of benzene rings is 1. The van der Waals surface area contributed by atoms with E-state index in [1.165, 1.54) is 19.2 Å². The zero-order chi connectivity index (χ0) is 24.1. The second-order valence-corrected chi connectivity index (χ2v) is 8.92. The van der Waals surface area contributed by atoms with Gasteiger partial charge in [0.1, 0.15) is 23.3 Å². The first-order chi connectivity index (χ1) is 16.5. The highest BCUT2D eigenvalue weighted by Crippen LogP contribution is 2.24. The molecule has 1 amide bonds. The summed E-state index contributed by atoms with van der Waals surface area (Å²) < 4.78 is 30.4. The molecule has 1 unspecified atom stereocenters. The number of hydrogen-bond donors (Lipinski definition) is 1. The van der Waals surface area contributed by atoms with E-state index in [1.54, 1.807) is 30.8 Å². The lowest BCUT2D eigenvalue weighted by molar-refractivity contribution is -0.165. The lowest BCUT2D eigenvalue weighted by atomic mass is 10.0. The monoisotopic (exact) mass is 490 g/mol. The first kappa shape index (κ1) is 24.4. The maximum Gasteiger partial charge on any atom is 0.270 e. The average molecular weight is 491 g/mol. The predicted molar refractivity (Wildman–Crippen MR) is 125 cm³/mol. The molecule has 3 atom stereocenters. The van der Waals surface area contributed by atoms with Crippen molar-refractivity contribution in [2.75, 3.05) is 32.3 Å². The molecule has 0 spiro atoms. The SMILES string of the molecule is COc1cc(CNC(=O)c2cc(C3=NOC([C@H]4CO[C@H](CSC)CO4)C3)nc(C)n2)ccc1F. The molecule has 2 aliphatic heterocycles. The van der Waals surface area contributed by atoms with Crippen LogP contribution in [0.1, 0.15) is 34.0 Å². The van der Waals surface area contributed by atoms with Gasteiger partial charge in [0.15, 0.2) is 17.7 Å². The number of aryl methyl sites for hydroxylation is 1. The third-order valence-electron chi connectivity index (χ3n) is 5.49. The number of methoxy groups -OCH3 is 1. The van der Waals surface area contributed by atoms with E-state index in [9.17, 15) is 9.18 Å².